The fourth-order valence-corrected chi connectivity index (χ4v) is 3.76. The molecule has 21 heavy (non-hydrogen) atoms. The van der Waals surface area contributed by atoms with Crippen LogP contribution in [0.4, 0.5) is 0 Å². The van der Waals surface area contributed by atoms with Gasteiger partial charge in [0.1, 0.15) is 10.1 Å². The lowest BCUT2D eigenvalue weighted by Gasteiger charge is -2.26. The molecule has 1 rings (SSSR count). The average molecular weight is 308 g/mol. The Bertz CT molecular complexity index is 680. The van der Waals surface area contributed by atoms with Gasteiger partial charge in [0.15, 0.2) is 0 Å². The molecule has 4 nitrogen and oxygen atoms in total. The Morgan fingerprint density at radius 1 is 1.00 bits per heavy atom. The number of nitriles is 1. The molecule has 0 N–H and O–H groups in total. The van der Waals surface area contributed by atoms with Crippen molar-refractivity contribution < 1.29 is 13.0 Å². The third kappa shape index (κ3) is 3.45. The van der Waals surface area contributed by atoms with Gasteiger partial charge < -0.3 is 4.55 Å². The second-order valence-corrected chi connectivity index (χ2v) is 7.52. The van der Waals surface area contributed by atoms with Gasteiger partial charge in [-0.15, -0.1) is 0 Å². The lowest BCUT2D eigenvalue weighted by molar-refractivity contribution is 0.459. The van der Waals surface area contributed by atoms with Gasteiger partial charge in [-0.3, -0.25) is 0 Å². The summed E-state index contributed by atoms with van der Waals surface area (Å²) in [5.74, 6) is -0.237. The molecule has 0 heterocycles. The molecule has 0 aliphatic carbocycles. The Labute approximate surface area is 127 Å². The van der Waals surface area contributed by atoms with Crippen LogP contribution in [0.1, 0.15) is 81.5 Å². The van der Waals surface area contributed by atoms with Crippen molar-refractivity contribution in [1.29, 1.82) is 5.26 Å². The fourth-order valence-electron chi connectivity index (χ4n) is 2.57. The zero-order valence-electron chi connectivity index (χ0n) is 13.4. The molecule has 0 saturated heterocycles. The second-order valence-electron chi connectivity index (χ2n) is 6.20. The maximum atomic E-state index is 11.8. The van der Waals surface area contributed by atoms with Crippen LogP contribution in [0.3, 0.4) is 0 Å². The molecule has 5 heteroatoms. The molecule has 0 bridgehead atoms. The van der Waals surface area contributed by atoms with Crippen LogP contribution in [0.15, 0.2) is 11.0 Å². The SMILES string of the molecule is CC(C)c1cc(C(C)C)c(S(=O)(=O)[O-])c(C(C)C)c1C#N. The number of nitrogens with zero attached hydrogens (tertiary/aromatic N) is 1. The van der Waals surface area contributed by atoms with Gasteiger partial charge in [0, 0.05) is 0 Å². The number of hydrogen-bond donors (Lipinski definition) is 0. The van der Waals surface area contributed by atoms with E-state index in [9.17, 15) is 18.2 Å². The molecule has 0 atom stereocenters. The summed E-state index contributed by atoms with van der Waals surface area (Å²) in [4.78, 5) is -0.201. The summed E-state index contributed by atoms with van der Waals surface area (Å²) in [5.41, 5.74) is 2.01. The van der Waals surface area contributed by atoms with Crippen LogP contribution in [0.2, 0.25) is 0 Å². The van der Waals surface area contributed by atoms with E-state index in [1.54, 1.807) is 19.9 Å². The van der Waals surface area contributed by atoms with Crippen molar-refractivity contribution in [3.8, 4) is 6.07 Å². The molecule has 0 fully saturated rings. The first kappa shape index (κ1) is 17.7. The first-order valence-electron chi connectivity index (χ1n) is 7.09. The van der Waals surface area contributed by atoms with Crippen molar-refractivity contribution in [2.75, 3.05) is 0 Å². The summed E-state index contributed by atoms with van der Waals surface area (Å²) >= 11 is 0. The van der Waals surface area contributed by atoms with E-state index in [1.165, 1.54) is 0 Å². The summed E-state index contributed by atoms with van der Waals surface area (Å²) in [7, 11) is -4.63. The average Bonchev–Trinajstić information content (AvgIpc) is 2.34. The molecule has 116 valence electrons. The van der Waals surface area contributed by atoms with Crippen LogP contribution >= 0.6 is 0 Å². The Morgan fingerprint density at radius 2 is 1.48 bits per heavy atom. The van der Waals surface area contributed by atoms with Crippen LogP contribution in [-0.2, 0) is 10.1 Å². The van der Waals surface area contributed by atoms with Crippen molar-refractivity contribution in [1.82, 2.24) is 0 Å². The Kier molecular flexibility index (Phi) is 5.19. The van der Waals surface area contributed by atoms with E-state index < -0.39 is 10.1 Å². The highest BCUT2D eigenvalue weighted by Gasteiger charge is 2.25. The van der Waals surface area contributed by atoms with Gasteiger partial charge in [0.25, 0.3) is 0 Å². The van der Waals surface area contributed by atoms with Crippen molar-refractivity contribution in [2.45, 2.75) is 64.2 Å². The Hall–Kier alpha value is -1.38. The molecular weight excluding hydrogens is 286 g/mol. The van der Waals surface area contributed by atoms with Crippen LogP contribution in [-0.4, -0.2) is 13.0 Å². The van der Waals surface area contributed by atoms with Gasteiger partial charge in [0.05, 0.1) is 16.5 Å². The van der Waals surface area contributed by atoms with Crippen LogP contribution in [0.25, 0.3) is 0 Å². The summed E-state index contributed by atoms with van der Waals surface area (Å²) in [6, 6.07) is 3.82. The molecular formula is C16H22NO3S-. The smallest absolute Gasteiger partial charge is 0.125 e. The van der Waals surface area contributed by atoms with Gasteiger partial charge in [-0.1, -0.05) is 47.6 Å². The number of benzene rings is 1. The molecule has 0 aliphatic rings. The zero-order chi connectivity index (χ0) is 16.5. The van der Waals surface area contributed by atoms with Gasteiger partial charge >= 0.3 is 0 Å². The van der Waals surface area contributed by atoms with E-state index >= 15 is 0 Å². The van der Waals surface area contributed by atoms with Crippen molar-refractivity contribution in [3.05, 3.63) is 28.3 Å². The monoisotopic (exact) mass is 308 g/mol. The van der Waals surface area contributed by atoms with E-state index in [2.05, 4.69) is 6.07 Å². The third-order valence-corrected chi connectivity index (χ3v) is 4.51. The molecule has 0 spiro atoms. The maximum absolute atomic E-state index is 11.8. The minimum Gasteiger partial charge on any atom is -0.744 e. The first-order chi connectivity index (χ1) is 9.52. The summed E-state index contributed by atoms with van der Waals surface area (Å²) in [6.45, 7) is 11.2. The van der Waals surface area contributed by atoms with E-state index in [4.69, 9.17) is 0 Å². The third-order valence-electron chi connectivity index (χ3n) is 3.56. The first-order valence-corrected chi connectivity index (χ1v) is 8.49. The van der Waals surface area contributed by atoms with Gasteiger partial charge in [0.2, 0.25) is 0 Å². The van der Waals surface area contributed by atoms with E-state index in [-0.39, 0.29) is 22.6 Å². The zero-order valence-corrected chi connectivity index (χ0v) is 14.2. The number of hydrogen-bond acceptors (Lipinski definition) is 4. The second kappa shape index (κ2) is 6.17. The largest absolute Gasteiger partial charge is 0.744 e. The molecule has 0 amide bonds. The normalized spacial score (nSPS) is 12.2. The standard InChI is InChI=1S/C16H23NO3S/c1-9(2)12-7-13(10(3)4)16(21(18,19)20)15(11(5)6)14(12)8-17/h7,9-11H,1-6H3,(H,18,19,20)/p-1. The number of rotatable bonds is 4. The minimum atomic E-state index is -4.63. The topological polar surface area (TPSA) is 81.0 Å². The lowest BCUT2D eigenvalue weighted by atomic mass is 9.85. The molecule has 0 unspecified atom stereocenters. The molecule has 1 aromatic carbocycles. The lowest BCUT2D eigenvalue weighted by Crippen LogP contribution is -2.14. The quantitative estimate of drug-likeness (QED) is 0.791. The van der Waals surface area contributed by atoms with Crippen LogP contribution in [0, 0.1) is 11.3 Å². The van der Waals surface area contributed by atoms with Crippen LogP contribution < -0.4 is 0 Å². The molecule has 0 aromatic heterocycles. The highest BCUT2D eigenvalue weighted by Crippen LogP contribution is 2.38. The molecule has 0 saturated carbocycles. The van der Waals surface area contributed by atoms with Crippen molar-refractivity contribution >= 4 is 10.1 Å². The maximum Gasteiger partial charge on any atom is 0.125 e. The molecule has 1 aromatic rings. The highest BCUT2D eigenvalue weighted by molar-refractivity contribution is 7.85. The van der Waals surface area contributed by atoms with E-state index in [0.29, 0.717) is 16.7 Å². The molecule has 0 radical (unpaired) electrons. The fraction of sp³-hybridized carbons (Fsp3) is 0.562. The summed E-state index contributed by atoms with van der Waals surface area (Å²) in [5, 5.41) is 9.47. The van der Waals surface area contributed by atoms with Gasteiger partial charge in [-0.25, -0.2) is 8.42 Å². The summed E-state index contributed by atoms with van der Waals surface area (Å²) in [6.07, 6.45) is 0. The minimum absolute atomic E-state index is 0.0815. The van der Waals surface area contributed by atoms with Crippen LogP contribution in [0.5, 0.6) is 0 Å². The predicted molar refractivity (Wildman–Crippen MR) is 81.4 cm³/mol. The Morgan fingerprint density at radius 3 is 1.76 bits per heavy atom. The van der Waals surface area contributed by atoms with E-state index in [1.807, 2.05) is 27.7 Å². The highest BCUT2D eigenvalue weighted by atomic mass is 32.2. The van der Waals surface area contributed by atoms with E-state index in [0.717, 1.165) is 5.56 Å². The van der Waals surface area contributed by atoms with Gasteiger partial charge in [-0.05, 0) is 34.4 Å². The van der Waals surface area contributed by atoms with Gasteiger partial charge in [-0.2, -0.15) is 5.26 Å². The Balaban J connectivity index is 4.07. The predicted octanol–water partition coefficient (Wildman–Crippen LogP) is 3.83. The van der Waals surface area contributed by atoms with Crippen molar-refractivity contribution in [3.63, 3.8) is 0 Å². The summed E-state index contributed by atoms with van der Waals surface area (Å²) < 4.78 is 35.3. The van der Waals surface area contributed by atoms with Crippen molar-refractivity contribution in [2.24, 2.45) is 0 Å². The molecule has 0 aliphatic heterocycles.